The minimum absolute atomic E-state index is 0.0377. The lowest BCUT2D eigenvalue weighted by Crippen LogP contribution is -2.30. The van der Waals surface area contributed by atoms with Crippen LogP contribution in [-0.2, 0) is 22.9 Å². The first-order chi connectivity index (χ1) is 16.6. The second-order valence-electron chi connectivity index (χ2n) is 8.40. The third-order valence-corrected chi connectivity index (χ3v) is 8.52. The number of anilines is 1. The molecule has 1 fully saturated rings. The molecule has 198 valence electrons. The molecule has 0 radical (unpaired) electrons. The van der Waals surface area contributed by atoms with E-state index in [4.69, 9.17) is 23.2 Å². The lowest BCUT2D eigenvalue weighted by molar-refractivity contribution is -0.153. The monoisotopic (exact) mass is 578 g/mol. The molecule has 2 aromatic rings. The summed E-state index contributed by atoms with van der Waals surface area (Å²) in [5.41, 5.74) is 0.795. The molecule has 7 nitrogen and oxygen atoms in total. The summed E-state index contributed by atoms with van der Waals surface area (Å²) in [7, 11) is -4.02. The highest BCUT2D eigenvalue weighted by Gasteiger charge is 2.40. The SMILES string of the molecule is O=S(=O)(c1ccc(OCC(F)(F)F)cc1Cl)C1CCN(c2nc(Cl)nc3c2CN(CC(F)(F)F)C3)C1. The van der Waals surface area contributed by atoms with E-state index in [1.54, 1.807) is 4.90 Å². The van der Waals surface area contributed by atoms with Crippen molar-refractivity contribution in [1.29, 1.82) is 0 Å². The van der Waals surface area contributed by atoms with Crippen LogP contribution in [0.4, 0.5) is 32.2 Å². The number of aromatic nitrogens is 2. The van der Waals surface area contributed by atoms with Crippen LogP contribution in [0.1, 0.15) is 17.7 Å². The fraction of sp³-hybridized carbons (Fsp3) is 0.500. The van der Waals surface area contributed by atoms with Gasteiger partial charge in [0.25, 0.3) is 0 Å². The molecule has 2 aliphatic rings. The van der Waals surface area contributed by atoms with Crippen molar-refractivity contribution < 1.29 is 39.5 Å². The first kappa shape index (κ1) is 27.0. The van der Waals surface area contributed by atoms with Crippen molar-refractivity contribution in [3.8, 4) is 5.75 Å². The molecule has 1 aromatic carbocycles. The molecule has 0 amide bonds. The van der Waals surface area contributed by atoms with Gasteiger partial charge in [-0.05, 0) is 30.2 Å². The molecule has 1 aromatic heterocycles. The van der Waals surface area contributed by atoms with E-state index in [0.717, 1.165) is 23.1 Å². The van der Waals surface area contributed by atoms with Gasteiger partial charge in [0.2, 0.25) is 5.28 Å². The summed E-state index contributed by atoms with van der Waals surface area (Å²) in [5.74, 6) is 0.0355. The zero-order valence-electron chi connectivity index (χ0n) is 18.2. The molecule has 2 aliphatic heterocycles. The molecular weight excluding hydrogens is 561 g/mol. The van der Waals surface area contributed by atoms with Gasteiger partial charge in [-0.2, -0.15) is 26.3 Å². The average Bonchev–Trinajstić information content (AvgIpc) is 3.37. The van der Waals surface area contributed by atoms with Gasteiger partial charge in [-0.1, -0.05) is 11.6 Å². The highest BCUT2D eigenvalue weighted by Crippen LogP contribution is 2.37. The van der Waals surface area contributed by atoms with Gasteiger partial charge in [-0.25, -0.2) is 18.4 Å². The topological polar surface area (TPSA) is 75.6 Å². The Morgan fingerprint density at radius 2 is 1.78 bits per heavy atom. The maximum atomic E-state index is 13.2. The summed E-state index contributed by atoms with van der Waals surface area (Å²) in [6.45, 7) is -2.65. The Kier molecular flexibility index (Phi) is 7.27. The Hall–Kier alpha value is -2.03. The molecule has 3 heterocycles. The predicted octanol–water partition coefficient (Wildman–Crippen LogP) is 4.66. The van der Waals surface area contributed by atoms with Gasteiger partial charge in [-0.15, -0.1) is 0 Å². The molecule has 1 atom stereocenters. The van der Waals surface area contributed by atoms with Crippen molar-refractivity contribution in [3.63, 3.8) is 0 Å². The Morgan fingerprint density at radius 3 is 2.42 bits per heavy atom. The van der Waals surface area contributed by atoms with E-state index >= 15 is 0 Å². The Bertz CT molecular complexity index is 1260. The molecule has 1 unspecified atom stereocenters. The third kappa shape index (κ3) is 6.09. The largest absolute Gasteiger partial charge is 0.484 e. The highest BCUT2D eigenvalue weighted by atomic mass is 35.5. The van der Waals surface area contributed by atoms with Crippen molar-refractivity contribution in [2.75, 3.05) is 31.1 Å². The van der Waals surface area contributed by atoms with Crippen LogP contribution in [0.5, 0.6) is 5.75 Å². The van der Waals surface area contributed by atoms with Gasteiger partial charge in [0.15, 0.2) is 16.4 Å². The van der Waals surface area contributed by atoms with Gasteiger partial charge in [-0.3, -0.25) is 4.90 Å². The lowest BCUT2D eigenvalue weighted by atomic mass is 10.2. The number of hydrogen-bond acceptors (Lipinski definition) is 7. The smallest absolute Gasteiger partial charge is 0.422 e. The summed E-state index contributed by atoms with van der Waals surface area (Å²) in [6, 6.07) is 3.17. The summed E-state index contributed by atoms with van der Waals surface area (Å²) in [6.07, 6.45) is -8.81. The second kappa shape index (κ2) is 9.69. The van der Waals surface area contributed by atoms with E-state index in [1.165, 1.54) is 0 Å². The van der Waals surface area contributed by atoms with Crippen LogP contribution in [0.3, 0.4) is 0 Å². The zero-order valence-corrected chi connectivity index (χ0v) is 20.5. The molecular formula is C20H18Cl2F6N4O3S. The fourth-order valence-electron chi connectivity index (χ4n) is 4.22. The predicted molar refractivity (Wildman–Crippen MR) is 118 cm³/mol. The van der Waals surface area contributed by atoms with Crippen LogP contribution in [-0.4, -0.2) is 67.1 Å². The number of halogens is 8. The van der Waals surface area contributed by atoms with Gasteiger partial charge >= 0.3 is 12.4 Å². The maximum Gasteiger partial charge on any atom is 0.422 e. The van der Waals surface area contributed by atoms with E-state index in [2.05, 4.69) is 14.7 Å². The van der Waals surface area contributed by atoms with Crippen molar-refractivity contribution >= 4 is 38.9 Å². The number of nitrogens with zero attached hydrogens (tertiary/aromatic N) is 4. The number of hydrogen-bond donors (Lipinski definition) is 0. The van der Waals surface area contributed by atoms with Crippen molar-refractivity contribution in [2.45, 2.75) is 42.0 Å². The molecule has 0 spiro atoms. The van der Waals surface area contributed by atoms with Crippen molar-refractivity contribution in [1.82, 2.24) is 14.9 Å². The Labute approximate surface area is 211 Å². The first-order valence-electron chi connectivity index (χ1n) is 10.4. The van der Waals surface area contributed by atoms with E-state index in [0.29, 0.717) is 11.3 Å². The number of fused-ring (bicyclic) bond motifs is 1. The third-order valence-electron chi connectivity index (χ3n) is 5.70. The van der Waals surface area contributed by atoms with Crippen LogP contribution in [0.15, 0.2) is 23.1 Å². The number of alkyl halides is 6. The van der Waals surface area contributed by atoms with Crippen LogP contribution in [0, 0.1) is 0 Å². The van der Waals surface area contributed by atoms with Crippen LogP contribution in [0.25, 0.3) is 0 Å². The summed E-state index contributed by atoms with van der Waals surface area (Å²) in [5, 5.41) is -1.41. The molecule has 16 heteroatoms. The van der Waals surface area contributed by atoms with Gasteiger partial charge in [0.1, 0.15) is 11.6 Å². The fourth-order valence-corrected chi connectivity index (χ4v) is 6.63. The van der Waals surface area contributed by atoms with Crippen LogP contribution < -0.4 is 9.64 Å². The molecule has 36 heavy (non-hydrogen) atoms. The van der Waals surface area contributed by atoms with Crippen LogP contribution >= 0.6 is 23.2 Å². The quantitative estimate of drug-likeness (QED) is 0.364. The van der Waals surface area contributed by atoms with E-state index in [9.17, 15) is 34.8 Å². The van der Waals surface area contributed by atoms with E-state index < -0.39 is 40.6 Å². The summed E-state index contributed by atoms with van der Waals surface area (Å²) >= 11 is 12.1. The first-order valence-corrected chi connectivity index (χ1v) is 12.7. The Morgan fingerprint density at radius 1 is 1.06 bits per heavy atom. The molecule has 0 N–H and O–H groups in total. The zero-order chi connectivity index (χ0) is 26.5. The van der Waals surface area contributed by atoms with Crippen LogP contribution in [0.2, 0.25) is 10.3 Å². The van der Waals surface area contributed by atoms with Gasteiger partial charge in [0.05, 0.1) is 27.4 Å². The molecule has 0 saturated carbocycles. The standard InChI is InChI=1S/C20H18Cl2F6N4O3S/c21-14-5-11(35-10-20(26,27)28)1-2-16(14)36(33,34)12-3-4-32(6-12)17-13-7-31(9-19(23,24)25)8-15(13)29-18(22)30-17/h1-2,5,12H,3-4,6-10H2. The molecule has 4 rings (SSSR count). The number of sulfone groups is 1. The normalized spacial score (nSPS) is 19.1. The van der Waals surface area contributed by atoms with E-state index in [1.807, 2.05) is 0 Å². The van der Waals surface area contributed by atoms with Gasteiger partial charge in [0, 0.05) is 37.8 Å². The summed E-state index contributed by atoms with van der Waals surface area (Å²) in [4.78, 5) is 10.7. The van der Waals surface area contributed by atoms with Crippen molar-refractivity contribution in [2.24, 2.45) is 0 Å². The second-order valence-corrected chi connectivity index (χ2v) is 11.3. The Balaban J connectivity index is 1.52. The number of rotatable bonds is 6. The lowest BCUT2D eigenvalue weighted by Gasteiger charge is -2.21. The molecule has 1 saturated heterocycles. The van der Waals surface area contributed by atoms with Crippen molar-refractivity contribution in [3.05, 3.63) is 39.8 Å². The molecule has 0 bridgehead atoms. The summed E-state index contributed by atoms with van der Waals surface area (Å²) < 4.78 is 107. The highest BCUT2D eigenvalue weighted by molar-refractivity contribution is 7.92. The molecule has 0 aliphatic carbocycles. The number of benzene rings is 1. The maximum absolute atomic E-state index is 13.2. The minimum atomic E-state index is -4.57. The minimum Gasteiger partial charge on any atom is -0.484 e. The average molecular weight is 579 g/mol. The van der Waals surface area contributed by atoms with Gasteiger partial charge < -0.3 is 9.64 Å². The number of ether oxygens (including phenoxy) is 1. The van der Waals surface area contributed by atoms with E-state index in [-0.39, 0.29) is 59.4 Å².